The molecule has 0 heterocycles. The van der Waals surface area contributed by atoms with Crippen LogP contribution in [0, 0.1) is 0 Å². The number of rotatable bonds is 6. The molecule has 1 atom stereocenters. The topological polar surface area (TPSA) is 56.5 Å². The Balaban J connectivity index is 2.96. The summed E-state index contributed by atoms with van der Waals surface area (Å²) in [6, 6.07) is 5.95. The molecule has 1 unspecified atom stereocenters. The highest BCUT2D eigenvalue weighted by atomic mass is 16.5. The third-order valence-electron chi connectivity index (χ3n) is 2.32. The molecule has 0 saturated heterocycles. The molecule has 4 nitrogen and oxygen atoms in total. The van der Waals surface area contributed by atoms with E-state index in [0.717, 1.165) is 17.1 Å². The van der Waals surface area contributed by atoms with Crippen molar-refractivity contribution in [3.63, 3.8) is 0 Å². The van der Waals surface area contributed by atoms with Crippen molar-refractivity contribution in [3.05, 3.63) is 23.8 Å². The van der Waals surface area contributed by atoms with E-state index in [1.165, 1.54) is 0 Å². The van der Waals surface area contributed by atoms with E-state index in [1.807, 2.05) is 39.0 Å². The zero-order valence-electron chi connectivity index (χ0n) is 10.1. The quantitative estimate of drug-likeness (QED) is 0.573. The van der Waals surface area contributed by atoms with Gasteiger partial charge in [-0.1, -0.05) is 6.07 Å². The van der Waals surface area contributed by atoms with Crippen LogP contribution in [0.4, 0.5) is 0 Å². The van der Waals surface area contributed by atoms with Crippen molar-refractivity contribution >= 4 is 0 Å². The average Bonchev–Trinajstić information content (AvgIpc) is 2.31. The SMILES string of the molecule is CCOc1ccc(C(C)NN)cc1OCC. The predicted octanol–water partition coefficient (Wildman–Crippen LogP) is 2.01. The Morgan fingerprint density at radius 1 is 1.19 bits per heavy atom. The maximum atomic E-state index is 5.53. The molecular weight excluding hydrogens is 204 g/mol. The van der Waals surface area contributed by atoms with Gasteiger partial charge < -0.3 is 9.47 Å². The van der Waals surface area contributed by atoms with E-state index in [1.54, 1.807) is 0 Å². The molecule has 90 valence electrons. The molecule has 0 amide bonds. The van der Waals surface area contributed by atoms with Gasteiger partial charge in [0.05, 0.1) is 13.2 Å². The van der Waals surface area contributed by atoms with Gasteiger partial charge in [0.25, 0.3) is 0 Å². The van der Waals surface area contributed by atoms with E-state index in [0.29, 0.717) is 13.2 Å². The lowest BCUT2D eigenvalue weighted by atomic mass is 10.1. The van der Waals surface area contributed by atoms with Gasteiger partial charge in [-0.15, -0.1) is 0 Å². The lowest BCUT2D eigenvalue weighted by Crippen LogP contribution is -2.25. The predicted molar refractivity (Wildman–Crippen MR) is 64.5 cm³/mol. The second-order valence-corrected chi connectivity index (χ2v) is 3.46. The van der Waals surface area contributed by atoms with Gasteiger partial charge in [0.1, 0.15) is 0 Å². The van der Waals surface area contributed by atoms with Crippen LogP contribution in [0.25, 0.3) is 0 Å². The number of hydrogen-bond acceptors (Lipinski definition) is 4. The highest BCUT2D eigenvalue weighted by molar-refractivity contribution is 5.43. The molecule has 0 aliphatic rings. The van der Waals surface area contributed by atoms with Crippen LogP contribution >= 0.6 is 0 Å². The molecule has 1 aromatic carbocycles. The number of ether oxygens (including phenoxy) is 2. The Morgan fingerprint density at radius 2 is 1.81 bits per heavy atom. The summed E-state index contributed by atoms with van der Waals surface area (Å²) in [4.78, 5) is 0. The molecule has 0 radical (unpaired) electrons. The zero-order valence-corrected chi connectivity index (χ0v) is 10.1. The largest absolute Gasteiger partial charge is 0.490 e. The number of hydrogen-bond donors (Lipinski definition) is 2. The first-order valence-corrected chi connectivity index (χ1v) is 5.58. The van der Waals surface area contributed by atoms with Crippen LogP contribution in [0.3, 0.4) is 0 Å². The Bertz CT molecular complexity index is 329. The Hall–Kier alpha value is -1.26. The number of benzene rings is 1. The molecule has 0 bridgehead atoms. The zero-order chi connectivity index (χ0) is 12.0. The lowest BCUT2D eigenvalue weighted by Gasteiger charge is -2.15. The van der Waals surface area contributed by atoms with Gasteiger partial charge in [-0.25, -0.2) is 0 Å². The van der Waals surface area contributed by atoms with Gasteiger partial charge in [0.2, 0.25) is 0 Å². The van der Waals surface area contributed by atoms with Crippen molar-refractivity contribution in [2.24, 2.45) is 5.84 Å². The van der Waals surface area contributed by atoms with Gasteiger partial charge in [-0.3, -0.25) is 11.3 Å². The Morgan fingerprint density at radius 3 is 2.38 bits per heavy atom. The summed E-state index contributed by atoms with van der Waals surface area (Å²) >= 11 is 0. The van der Waals surface area contributed by atoms with Crippen molar-refractivity contribution < 1.29 is 9.47 Å². The smallest absolute Gasteiger partial charge is 0.161 e. The maximum Gasteiger partial charge on any atom is 0.161 e. The first kappa shape index (κ1) is 12.8. The van der Waals surface area contributed by atoms with Crippen LogP contribution in [0.5, 0.6) is 11.5 Å². The first-order chi connectivity index (χ1) is 7.72. The molecule has 16 heavy (non-hydrogen) atoms. The Labute approximate surface area is 96.7 Å². The van der Waals surface area contributed by atoms with E-state index in [9.17, 15) is 0 Å². The minimum absolute atomic E-state index is 0.0925. The van der Waals surface area contributed by atoms with E-state index < -0.39 is 0 Å². The fraction of sp³-hybridized carbons (Fsp3) is 0.500. The summed E-state index contributed by atoms with van der Waals surface area (Å²) in [7, 11) is 0. The molecule has 1 aromatic rings. The molecule has 0 spiro atoms. The van der Waals surface area contributed by atoms with Crippen molar-refractivity contribution in [2.45, 2.75) is 26.8 Å². The van der Waals surface area contributed by atoms with Gasteiger partial charge in [-0.05, 0) is 38.5 Å². The molecule has 0 aliphatic carbocycles. The van der Waals surface area contributed by atoms with Gasteiger partial charge in [0, 0.05) is 6.04 Å². The third kappa shape index (κ3) is 3.12. The first-order valence-electron chi connectivity index (χ1n) is 5.58. The average molecular weight is 224 g/mol. The monoisotopic (exact) mass is 224 g/mol. The minimum Gasteiger partial charge on any atom is -0.490 e. The fourth-order valence-corrected chi connectivity index (χ4v) is 1.43. The van der Waals surface area contributed by atoms with Crippen LogP contribution in [0.15, 0.2) is 18.2 Å². The summed E-state index contributed by atoms with van der Waals surface area (Å²) in [6.45, 7) is 7.14. The highest BCUT2D eigenvalue weighted by Gasteiger charge is 2.09. The summed E-state index contributed by atoms with van der Waals surface area (Å²) in [5.41, 5.74) is 3.78. The maximum absolute atomic E-state index is 5.53. The summed E-state index contributed by atoms with van der Waals surface area (Å²) < 4.78 is 11.0. The molecule has 4 heteroatoms. The summed E-state index contributed by atoms with van der Waals surface area (Å²) in [5.74, 6) is 6.95. The number of nitrogens with two attached hydrogens (primary N) is 1. The molecule has 0 fully saturated rings. The Kier molecular flexibility index (Phi) is 5.08. The van der Waals surface area contributed by atoms with E-state index >= 15 is 0 Å². The second-order valence-electron chi connectivity index (χ2n) is 3.46. The normalized spacial score (nSPS) is 12.2. The van der Waals surface area contributed by atoms with Crippen molar-refractivity contribution in [2.75, 3.05) is 13.2 Å². The molecule has 0 aromatic heterocycles. The minimum atomic E-state index is 0.0925. The van der Waals surface area contributed by atoms with Crippen molar-refractivity contribution in [3.8, 4) is 11.5 Å². The molecule has 1 rings (SSSR count). The van der Waals surface area contributed by atoms with Crippen LogP contribution in [-0.2, 0) is 0 Å². The van der Waals surface area contributed by atoms with Crippen LogP contribution in [0.1, 0.15) is 32.4 Å². The van der Waals surface area contributed by atoms with E-state index in [2.05, 4.69) is 5.43 Å². The highest BCUT2D eigenvalue weighted by Crippen LogP contribution is 2.30. The fourth-order valence-electron chi connectivity index (χ4n) is 1.43. The molecular formula is C12H20N2O2. The van der Waals surface area contributed by atoms with Crippen LogP contribution in [-0.4, -0.2) is 13.2 Å². The molecule has 0 aliphatic heterocycles. The standard InChI is InChI=1S/C12H20N2O2/c1-4-15-11-7-6-10(9(3)14-13)8-12(11)16-5-2/h6-9,14H,4-5,13H2,1-3H3. The van der Waals surface area contributed by atoms with E-state index in [-0.39, 0.29) is 6.04 Å². The lowest BCUT2D eigenvalue weighted by molar-refractivity contribution is 0.287. The number of nitrogens with one attached hydrogen (secondary N) is 1. The summed E-state index contributed by atoms with van der Waals surface area (Å²) in [6.07, 6.45) is 0. The van der Waals surface area contributed by atoms with E-state index in [4.69, 9.17) is 15.3 Å². The van der Waals surface area contributed by atoms with Gasteiger partial charge in [-0.2, -0.15) is 0 Å². The second kappa shape index (κ2) is 6.35. The van der Waals surface area contributed by atoms with Crippen LogP contribution < -0.4 is 20.7 Å². The van der Waals surface area contributed by atoms with Crippen molar-refractivity contribution in [1.29, 1.82) is 0 Å². The molecule has 3 N–H and O–H groups in total. The van der Waals surface area contributed by atoms with Gasteiger partial charge in [0.15, 0.2) is 11.5 Å². The summed E-state index contributed by atoms with van der Waals surface area (Å²) in [5, 5.41) is 0. The third-order valence-corrected chi connectivity index (χ3v) is 2.32. The van der Waals surface area contributed by atoms with Crippen LogP contribution in [0.2, 0.25) is 0 Å². The molecule has 0 saturated carbocycles. The number of hydrazine groups is 1. The van der Waals surface area contributed by atoms with Crippen molar-refractivity contribution in [1.82, 2.24) is 5.43 Å². The van der Waals surface area contributed by atoms with Gasteiger partial charge >= 0.3 is 0 Å².